The fourth-order valence-corrected chi connectivity index (χ4v) is 2.64. The first kappa shape index (κ1) is 13.8. The molecule has 2 heterocycles. The van der Waals surface area contributed by atoms with E-state index in [-0.39, 0.29) is 5.91 Å². The summed E-state index contributed by atoms with van der Waals surface area (Å²) in [6.07, 6.45) is 1.03. The van der Waals surface area contributed by atoms with Gasteiger partial charge in [-0.1, -0.05) is 17.4 Å². The third kappa shape index (κ3) is 3.49. The van der Waals surface area contributed by atoms with Crippen molar-refractivity contribution in [2.75, 3.05) is 18.5 Å². The molecule has 1 aliphatic heterocycles. The third-order valence-corrected chi connectivity index (χ3v) is 3.77. The van der Waals surface area contributed by atoms with E-state index >= 15 is 0 Å². The molecule has 110 valence electrons. The Labute approximate surface area is 126 Å². The molecule has 0 aliphatic carbocycles. The molecule has 2 aromatic rings. The van der Waals surface area contributed by atoms with Crippen LogP contribution in [0.15, 0.2) is 18.2 Å². The molecule has 1 N–H and O–H groups in total. The Morgan fingerprint density at radius 3 is 2.86 bits per heavy atom. The number of carbonyl (C=O) groups excluding carboxylic acids is 1. The van der Waals surface area contributed by atoms with Gasteiger partial charge < -0.3 is 14.8 Å². The standard InChI is InChI=1S/C14H15N3O3S/c1-9-16-17-14(21-9)15-13(18)5-3-10-2-4-11-12(8-10)20-7-6-19-11/h2,4,8H,3,5-7H2,1H3,(H,15,17,18). The van der Waals surface area contributed by atoms with Crippen LogP contribution >= 0.6 is 11.3 Å². The highest BCUT2D eigenvalue weighted by Crippen LogP contribution is 2.31. The first-order valence-electron chi connectivity index (χ1n) is 6.69. The van der Waals surface area contributed by atoms with Gasteiger partial charge >= 0.3 is 0 Å². The second-order valence-corrected chi connectivity index (χ2v) is 5.83. The van der Waals surface area contributed by atoms with E-state index < -0.39 is 0 Å². The van der Waals surface area contributed by atoms with Crippen molar-refractivity contribution in [2.24, 2.45) is 0 Å². The van der Waals surface area contributed by atoms with Crippen LogP contribution in [-0.2, 0) is 11.2 Å². The number of ether oxygens (including phenoxy) is 2. The normalized spacial score (nSPS) is 13.0. The molecule has 0 unspecified atom stereocenters. The number of carbonyl (C=O) groups is 1. The zero-order valence-electron chi connectivity index (χ0n) is 11.6. The predicted molar refractivity (Wildman–Crippen MR) is 79.0 cm³/mol. The van der Waals surface area contributed by atoms with Crippen LogP contribution in [-0.4, -0.2) is 29.3 Å². The van der Waals surface area contributed by atoms with Gasteiger partial charge in [0.1, 0.15) is 18.2 Å². The van der Waals surface area contributed by atoms with Crippen molar-refractivity contribution in [1.82, 2.24) is 10.2 Å². The third-order valence-electron chi connectivity index (χ3n) is 3.02. The molecule has 1 aliphatic rings. The highest BCUT2D eigenvalue weighted by Gasteiger charge is 2.12. The fourth-order valence-electron chi connectivity index (χ4n) is 2.03. The van der Waals surface area contributed by atoms with Gasteiger partial charge in [0, 0.05) is 6.42 Å². The Bertz CT molecular complexity index is 657. The zero-order valence-corrected chi connectivity index (χ0v) is 12.4. The summed E-state index contributed by atoms with van der Waals surface area (Å²) in [6, 6.07) is 5.77. The number of hydrogen-bond donors (Lipinski definition) is 1. The second kappa shape index (κ2) is 6.09. The molecule has 0 saturated carbocycles. The molecule has 21 heavy (non-hydrogen) atoms. The van der Waals surface area contributed by atoms with Gasteiger partial charge in [0.2, 0.25) is 11.0 Å². The van der Waals surface area contributed by atoms with E-state index in [1.807, 2.05) is 25.1 Å². The Morgan fingerprint density at radius 2 is 2.10 bits per heavy atom. The van der Waals surface area contributed by atoms with Gasteiger partial charge in [0.15, 0.2) is 11.5 Å². The van der Waals surface area contributed by atoms with Crippen LogP contribution in [0.2, 0.25) is 0 Å². The van der Waals surface area contributed by atoms with Gasteiger partial charge in [-0.2, -0.15) is 0 Å². The van der Waals surface area contributed by atoms with E-state index in [0.29, 0.717) is 31.2 Å². The molecule has 0 fully saturated rings. The van der Waals surface area contributed by atoms with E-state index in [1.165, 1.54) is 11.3 Å². The molecule has 0 spiro atoms. The lowest BCUT2D eigenvalue weighted by Gasteiger charge is -2.18. The maximum Gasteiger partial charge on any atom is 0.226 e. The Morgan fingerprint density at radius 1 is 1.29 bits per heavy atom. The minimum absolute atomic E-state index is 0.0685. The van der Waals surface area contributed by atoms with Gasteiger partial charge in [0.05, 0.1) is 0 Å². The lowest BCUT2D eigenvalue weighted by atomic mass is 10.1. The van der Waals surface area contributed by atoms with Crippen molar-refractivity contribution < 1.29 is 14.3 Å². The quantitative estimate of drug-likeness (QED) is 0.937. The van der Waals surface area contributed by atoms with Crippen molar-refractivity contribution in [3.63, 3.8) is 0 Å². The monoisotopic (exact) mass is 305 g/mol. The summed E-state index contributed by atoms with van der Waals surface area (Å²) in [4.78, 5) is 11.9. The van der Waals surface area contributed by atoms with Gasteiger partial charge in [-0.15, -0.1) is 10.2 Å². The number of aromatic nitrogens is 2. The number of benzene rings is 1. The van der Waals surface area contributed by atoms with Gasteiger partial charge in [-0.3, -0.25) is 4.79 Å². The van der Waals surface area contributed by atoms with E-state index in [0.717, 1.165) is 22.1 Å². The molecule has 7 heteroatoms. The van der Waals surface area contributed by atoms with Crippen LogP contribution < -0.4 is 14.8 Å². The van der Waals surface area contributed by atoms with Crippen LogP contribution in [0, 0.1) is 6.92 Å². The van der Waals surface area contributed by atoms with Crippen LogP contribution in [0.1, 0.15) is 17.0 Å². The first-order valence-corrected chi connectivity index (χ1v) is 7.51. The Balaban J connectivity index is 1.56. The number of fused-ring (bicyclic) bond motifs is 1. The predicted octanol–water partition coefficient (Wildman–Crippen LogP) is 2.19. The largest absolute Gasteiger partial charge is 0.486 e. The summed E-state index contributed by atoms with van der Waals surface area (Å²) >= 11 is 1.37. The van der Waals surface area contributed by atoms with Crippen molar-refractivity contribution in [2.45, 2.75) is 19.8 Å². The lowest BCUT2D eigenvalue weighted by molar-refractivity contribution is -0.116. The molecule has 1 aromatic heterocycles. The summed E-state index contributed by atoms with van der Waals surface area (Å²) in [5.74, 6) is 1.44. The van der Waals surface area contributed by atoms with E-state index in [1.54, 1.807) is 0 Å². The molecule has 0 saturated heterocycles. The van der Waals surface area contributed by atoms with Crippen LogP contribution in [0.3, 0.4) is 0 Å². The topological polar surface area (TPSA) is 73.3 Å². The summed E-state index contributed by atoms with van der Waals surface area (Å²) in [5, 5.41) is 11.8. The average Bonchev–Trinajstić information content (AvgIpc) is 2.90. The van der Waals surface area contributed by atoms with Crippen LogP contribution in [0.25, 0.3) is 0 Å². The molecular formula is C14H15N3O3S. The summed E-state index contributed by atoms with van der Waals surface area (Å²) in [5.41, 5.74) is 1.04. The number of anilines is 1. The van der Waals surface area contributed by atoms with Crippen molar-refractivity contribution in [1.29, 1.82) is 0 Å². The van der Waals surface area contributed by atoms with E-state index in [4.69, 9.17) is 9.47 Å². The summed E-state index contributed by atoms with van der Waals surface area (Å²) in [7, 11) is 0. The molecule has 0 radical (unpaired) electrons. The number of rotatable bonds is 4. The first-order chi connectivity index (χ1) is 10.2. The average molecular weight is 305 g/mol. The van der Waals surface area contributed by atoms with Crippen molar-refractivity contribution in [3.05, 3.63) is 28.8 Å². The fraction of sp³-hybridized carbons (Fsp3) is 0.357. The molecule has 6 nitrogen and oxygen atoms in total. The van der Waals surface area contributed by atoms with Gasteiger partial charge in [-0.25, -0.2) is 0 Å². The molecule has 1 amide bonds. The number of amides is 1. The van der Waals surface area contributed by atoms with Crippen LogP contribution in [0.4, 0.5) is 5.13 Å². The summed E-state index contributed by atoms with van der Waals surface area (Å²) in [6.45, 7) is 2.99. The van der Waals surface area contributed by atoms with E-state index in [9.17, 15) is 4.79 Å². The highest BCUT2D eigenvalue weighted by molar-refractivity contribution is 7.15. The molecule has 3 rings (SSSR count). The number of nitrogens with one attached hydrogen (secondary N) is 1. The Hall–Kier alpha value is -2.15. The SMILES string of the molecule is Cc1nnc(NC(=O)CCc2ccc3c(c2)OCCO3)s1. The molecule has 0 atom stereocenters. The maximum absolute atomic E-state index is 11.9. The lowest BCUT2D eigenvalue weighted by Crippen LogP contribution is -2.15. The van der Waals surface area contributed by atoms with Crippen LogP contribution in [0.5, 0.6) is 11.5 Å². The van der Waals surface area contributed by atoms with Crippen molar-refractivity contribution in [3.8, 4) is 11.5 Å². The van der Waals surface area contributed by atoms with Gasteiger partial charge in [0.25, 0.3) is 0 Å². The number of nitrogens with zero attached hydrogens (tertiary/aromatic N) is 2. The number of aryl methyl sites for hydroxylation is 2. The highest BCUT2D eigenvalue weighted by atomic mass is 32.1. The molecule has 1 aromatic carbocycles. The van der Waals surface area contributed by atoms with E-state index in [2.05, 4.69) is 15.5 Å². The smallest absolute Gasteiger partial charge is 0.226 e. The summed E-state index contributed by atoms with van der Waals surface area (Å²) < 4.78 is 11.0. The van der Waals surface area contributed by atoms with Gasteiger partial charge in [-0.05, 0) is 31.0 Å². The second-order valence-electron chi connectivity index (χ2n) is 4.65. The molecular weight excluding hydrogens is 290 g/mol. The maximum atomic E-state index is 11.9. The zero-order chi connectivity index (χ0) is 14.7. The minimum atomic E-state index is -0.0685. The molecule has 0 bridgehead atoms. The number of hydrogen-bond acceptors (Lipinski definition) is 6. The Kier molecular flexibility index (Phi) is 4.01. The minimum Gasteiger partial charge on any atom is -0.486 e. The van der Waals surface area contributed by atoms with Crippen molar-refractivity contribution >= 4 is 22.4 Å².